The van der Waals surface area contributed by atoms with Crippen molar-refractivity contribution >= 4 is 10.0 Å². The Balaban J connectivity index is 2.60. The molecular weight excluding hydrogens is 142 g/mol. The van der Waals surface area contributed by atoms with Gasteiger partial charge < -0.3 is 0 Å². The SMILES string of the molecule is C=CCS(=O)(=O)N1CO1. The summed E-state index contributed by atoms with van der Waals surface area (Å²) in [6.07, 6.45) is 1.33. The fourth-order valence-corrected chi connectivity index (χ4v) is 1.25. The summed E-state index contributed by atoms with van der Waals surface area (Å²) in [7, 11) is -3.14. The Morgan fingerprint density at radius 2 is 2.33 bits per heavy atom. The van der Waals surface area contributed by atoms with Gasteiger partial charge in [-0.3, -0.25) is 4.84 Å². The number of hydrogen-bond acceptors (Lipinski definition) is 3. The molecule has 5 heteroatoms. The second-order valence-corrected chi connectivity index (χ2v) is 3.53. The molecule has 1 fully saturated rings. The lowest BCUT2D eigenvalue weighted by Crippen LogP contribution is -2.13. The summed E-state index contributed by atoms with van der Waals surface area (Å²) in [5, 5.41) is 0. The van der Waals surface area contributed by atoms with E-state index >= 15 is 0 Å². The first kappa shape index (κ1) is 6.73. The highest BCUT2D eigenvalue weighted by Crippen LogP contribution is 2.13. The predicted octanol–water partition coefficient (Wildman–Crippen LogP) is -0.293. The lowest BCUT2D eigenvalue weighted by molar-refractivity contribution is 0.295. The number of nitrogens with zero attached hydrogens (tertiary/aromatic N) is 1. The molecule has 9 heavy (non-hydrogen) atoms. The third kappa shape index (κ3) is 1.51. The molecule has 1 rings (SSSR count). The molecule has 0 bridgehead atoms. The third-order valence-electron chi connectivity index (χ3n) is 0.873. The molecule has 0 N–H and O–H groups in total. The van der Waals surface area contributed by atoms with Gasteiger partial charge in [-0.1, -0.05) is 10.5 Å². The lowest BCUT2D eigenvalue weighted by Gasteiger charge is -1.92. The Labute approximate surface area is 53.7 Å². The number of hydroxylamine groups is 1. The number of rotatable bonds is 3. The predicted molar refractivity (Wildman–Crippen MR) is 31.8 cm³/mol. The van der Waals surface area contributed by atoms with Gasteiger partial charge in [-0.25, -0.2) is 8.42 Å². The third-order valence-corrected chi connectivity index (χ3v) is 2.36. The summed E-state index contributed by atoms with van der Waals surface area (Å²) < 4.78 is 22.4. The van der Waals surface area contributed by atoms with Gasteiger partial charge in [0.1, 0.15) is 0 Å². The molecule has 0 aromatic rings. The summed E-state index contributed by atoms with van der Waals surface area (Å²) in [5.41, 5.74) is 0. The van der Waals surface area contributed by atoms with Crippen LogP contribution in [-0.4, -0.2) is 25.4 Å². The Morgan fingerprint density at radius 3 is 2.67 bits per heavy atom. The summed E-state index contributed by atoms with van der Waals surface area (Å²) in [4.78, 5) is 4.42. The van der Waals surface area contributed by atoms with E-state index in [9.17, 15) is 8.42 Å². The fraction of sp³-hybridized carbons (Fsp3) is 0.500. The zero-order valence-electron chi connectivity index (χ0n) is 4.78. The van der Waals surface area contributed by atoms with E-state index in [1.165, 1.54) is 6.08 Å². The largest absolute Gasteiger partial charge is 0.263 e. The van der Waals surface area contributed by atoms with E-state index in [1.807, 2.05) is 0 Å². The molecule has 1 heterocycles. The van der Waals surface area contributed by atoms with Crippen molar-refractivity contribution in [2.24, 2.45) is 0 Å². The average molecular weight is 149 g/mol. The molecular formula is C4H7NO3S. The van der Waals surface area contributed by atoms with Crippen molar-refractivity contribution < 1.29 is 13.3 Å². The van der Waals surface area contributed by atoms with Crippen LogP contribution >= 0.6 is 0 Å². The molecule has 1 aliphatic rings. The molecule has 0 saturated carbocycles. The first-order valence-electron chi connectivity index (χ1n) is 2.41. The number of sulfonamides is 1. The van der Waals surface area contributed by atoms with Crippen LogP contribution in [0.25, 0.3) is 0 Å². The van der Waals surface area contributed by atoms with Gasteiger partial charge >= 0.3 is 0 Å². The Kier molecular flexibility index (Phi) is 1.56. The number of hydrogen-bond donors (Lipinski definition) is 0. The zero-order valence-corrected chi connectivity index (χ0v) is 5.60. The first-order chi connectivity index (χ1) is 4.17. The molecule has 4 nitrogen and oxygen atoms in total. The molecule has 1 atom stereocenters. The van der Waals surface area contributed by atoms with Crippen molar-refractivity contribution in [2.45, 2.75) is 0 Å². The maximum absolute atomic E-state index is 10.7. The highest BCUT2D eigenvalue weighted by molar-refractivity contribution is 7.89. The Morgan fingerprint density at radius 1 is 1.78 bits per heavy atom. The van der Waals surface area contributed by atoms with E-state index in [2.05, 4.69) is 11.4 Å². The van der Waals surface area contributed by atoms with E-state index in [0.717, 1.165) is 4.47 Å². The molecule has 0 amide bonds. The molecule has 52 valence electrons. The van der Waals surface area contributed by atoms with Gasteiger partial charge in [0.05, 0.1) is 5.75 Å². The van der Waals surface area contributed by atoms with Crippen LogP contribution in [0.15, 0.2) is 12.7 Å². The van der Waals surface area contributed by atoms with Gasteiger partial charge in [0.25, 0.3) is 0 Å². The van der Waals surface area contributed by atoms with E-state index in [1.54, 1.807) is 0 Å². The maximum Gasteiger partial charge on any atom is 0.241 e. The van der Waals surface area contributed by atoms with E-state index in [0.29, 0.717) is 0 Å². The standard InChI is InChI=1S/C4H7NO3S/c1-2-3-9(6,7)5-4-8-5/h2H,1,3-4H2. The summed E-state index contributed by atoms with van der Waals surface area (Å²) in [6.45, 7) is 3.49. The van der Waals surface area contributed by atoms with Crippen LogP contribution in [0, 0.1) is 0 Å². The molecule has 0 spiro atoms. The van der Waals surface area contributed by atoms with Crippen LogP contribution in [0.3, 0.4) is 0 Å². The zero-order chi connectivity index (χ0) is 6.91. The fourth-order valence-electron chi connectivity index (χ4n) is 0.416. The molecule has 0 aromatic heterocycles. The van der Waals surface area contributed by atoms with Crippen LogP contribution in [0.1, 0.15) is 0 Å². The van der Waals surface area contributed by atoms with Gasteiger partial charge in [-0.2, -0.15) is 0 Å². The topological polar surface area (TPSA) is 49.7 Å². The van der Waals surface area contributed by atoms with Crippen LogP contribution in [0.2, 0.25) is 0 Å². The minimum atomic E-state index is -3.14. The summed E-state index contributed by atoms with van der Waals surface area (Å²) in [6, 6.07) is 0. The van der Waals surface area contributed by atoms with Gasteiger partial charge in [0.15, 0.2) is 6.73 Å². The molecule has 0 aromatic carbocycles. The van der Waals surface area contributed by atoms with E-state index in [-0.39, 0.29) is 12.5 Å². The Hall–Kier alpha value is -0.390. The molecule has 1 saturated heterocycles. The molecule has 0 radical (unpaired) electrons. The van der Waals surface area contributed by atoms with E-state index in [4.69, 9.17) is 0 Å². The highest BCUT2D eigenvalue weighted by Gasteiger charge is 2.32. The summed E-state index contributed by atoms with van der Waals surface area (Å²) >= 11 is 0. The first-order valence-corrected chi connectivity index (χ1v) is 4.02. The minimum Gasteiger partial charge on any atom is -0.263 e. The van der Waals surface area contributed by atoms with Crippen LogP contribution < -0.4 is 0 Å². The van der Waals surface area contributed by atoms with Crippen molar-refractivity contribution in [3.63, 3.8) is 0 Å². The van der Waals surface area contributed by atoms with Crippen molar-refractivity contribution in [1.29, 1.82) is 0 Å². The van der Waals surface area contributed by atoms with Crippen molar-refractivity contribution in [1.82, 2.24) is 4.47 Å². The van der Waals surface area contributed by atoms with Crippen LogP contribution in [0.5, 0.6) is 0 Å². The average Bonchev–Trinajstić information content (AvgIpc) is 2.41. The normalized spacial score (nSPS) is 25.6. The van der Waals surface area contributed by atoms with Crippen molar-refractivity contribution in [3.8, 4) is 0 Å². The second-order valence-electron chi connectivity index (χ2n) is 1.63. The van der Waals surface area contributed by atoms with Crippen LogP contribution in [0.4, 0.5) is 0 Å². The molecule has 0 aliphatic carbocycles. The summed E-state index contributed by atoms with van der Waals surface area (Å²) in [5.74, 6) is -0.0486. The van der Waals surface area contributed by atoms with Crippen molar-refractivity contribution in [3.05, 3.63) is 12.7 Å². The Bertz CT molecular complexity index is 204. The smallest absolute Gasteiger partial charge is 0.241 e. The second kappa shape index (κ2) is 2.09. The van der Waals surface area contributed by atoms with Gasteiger partial charge in [0.2, 0.25) is 10.0 Å². The van der Waals surface area contributed by atoms with Crippen LogP contribution in [-0.2, 0) is 14.9 Å². The van der Waals surface area contributed by atoms with Gasteiger partial charge in [-0.15, -0.1) is 6.58 Å². The van der Waals surface area contributed by atoms with Crippen molar-refractivity contribution in [2.75, 3.05) is 12.5 Å². The lowest BCUT2D eigenvalue weighted by atomic mass is 10.8. The molecule has 1 aliphatic heterocycles. The quantitative estimate of drug-likeness (QED) is 0.409. The van der Waals surface area contributed by atoms with Gasteiger partial charge in [0, 0.05) is 0 Å². The van der Waals surface area contributed by atoms with E-state index < -0.39 is 10.0 Å². The maximum atomic E-state index is 10.7. The monoisotopic (exact) mass is 149 g/mol. The highest BCUT2D eigenvalue weighted by atomic mass is 32.2. The van der Waals surface area contributed by atoms with Gasteiger partial charge in [-0.05, 0) is 0 Å². The minimum absolute atomic E-state index is 0.0486. The molecule has 1 unspecified atom stereocenters.